The third kappa shape index (κ3) is 8.31. The van der Waals surface area contributed by atoms with E-state index in [4.69, 9.17) is 8.53 Å². The van der Waals surface area contributed by atoms with Crippen LogP contribution in [0.3, 0.4) is 0 Å². The molecule has 3 aromatic heterocycles. The average Bonchev–Trinajstić information content (AvgIpc) is 3.56. The third-order valence-electron chi connectivity index (χ3n) is 9.26. The van der Waals surface area contributed by atoms with E-state index in [1.807, 2.05) is 85.2 Å². The van der Waals surface area contributed by atoms with Gasteiger partial charge in [0.15, 0.2) is 0 Å². The van der Waals surface area contributed by atoms with Crippen LogP contribution in [-0.2, 0) is 20.1 Å². The first-order valence-electron chi connectivity index (χ1n) is 18.9. The molecule has 0 aliphatic heterocycles. The van der Waals surface area contributed by atoms with Crippen LogP contribution < -0.4 is 5.19 Å². The topological polar surface area (TPSA) is 38.9 Å². The normalized spacial score (nSPS) is 12.4. The number of benzene rings is 5. The van der Waals surface area contributed by atoms with E-state index < -0.39 is 14.9 Å². The van der Waals surface area contributed by atoms with E-state index in [1.165, 1.54) is 22.9 Å². The Hall–Kier alpha value is -5.00. The van der Waals surface area contributed by atoms with Crippen LogP contribution >= 0.6 is 0 Å². The first-order chi connectivity index (χ1) is 26.3. The summed E-state index contributed by atoms with van der Waals surface area (Å²) >= 11 is 0. The molecule has 0 aliphatic rings. The van der Waals surface area contributed by atoms with E-state index in [0.29, 0.717) is 17.0 Å². The van der Waals surface area contributed by atoms with Crippen molar-refractivity contribution in [1.82, 2.24) is 9.97 Å². The summed E-state index contributed by atoms with van der Waals surface area (Å²) in [6.45, 7) is 9.01. The van der Waals surface area contributed by atoms with Crippen LogP contribution in [-0.4, -0.2) is 18.0 Å². The Morgan fingerprint density at radius 2 is 1.53 bits per heavy atom. The van der Waals surface area contributed by atoms with Gasteiger partial charge in [-0.15, -0.1) is 47.5 Å². The monoisotopic (exact) mass is 892 g/mol. The van der Waals surface area contributed by atoms with Gasteiger partial charge in [-0.3, -0.25) is 0 Å². The van der Waals surface area contributed by atoms with Crippen molar-refractivity contribution < 1.29 is 33.0 Å². The van der Waals surface area contributed by atoms with Gasteiger partial charge in [-0.1, -0.05) is 135 Å². The van der Waals surface area contributed by atoms with Gasteiger partial charge in [0.05, 0.1) is 13.7 Å². The van der Waals surface area contributed by atoms with E-state index in [0.717, 1.165) is 61.1 Å². The smallest absolute Gasteiger partial charge is 0.123 e. The largest absolute Gasteiger partial charge is 0.501 e. The Balaban J connectivity index is 0.000000188. The number of pyridine rings is 2. The Bertz CT molecular complexity index is 2600. The molecule has 3 heterocycles. The summed E-state index contributed by atoms with van der Waals surface area (Å²) in [5.41, 5.74) is 9.98. The van der Waals surface area contributed by atoms with Crippen molar-refractivity contribution in [3.63, 3.8) is 0 Å². The van der Waals surface area contributed by atoms with Gasteiger partial charge in [-0.2, -0.15) is 0 Å². The Labute approximate surface area is 330 Å². The van der Waals surface area contributed by atoms with E-state index in [2.05, 4.69) is 73.8 Å². The molecule has 6 heteroatoms. The predicted octanol–water partition coefficient (Wildman–Crippen LogP) is 12.4. The number of furan rings is 1. The number of fused-ring (bicyclic) bond motifs is 3. The van der Waals surface area contributed by atoms with Crippen LogP contribution in [0.15, 0.2) is 138 Å². The van der Waals surface area contributed by atoms with Crippen molar-refractivity contribution in [3.05, 3.63) is 163 Å². The molecule has 8 rings (SSSR count). The quantitative estimate of drug-likeness (QED) is 0.123. The van der Waals surface area contributed by atoms with Gasteiger partial charge in [-0.05, 0) is 63.4 Å². The zero-order chi connectivity index (χ0) is 38.9. The van der Waals surface area contributed by atoms with Gasteiger partial charge in [0, 0.05) is 42.0 Å². The van der Waals surface area contributed by atoms with Crippen LogP contribution in [0, 0.1) is 24.8 Å². The van der Waals surface area contributed by atoms with Crippen molar-refractivity contribution in [3.8, 4) is 44.8 Å². The zero-order valence-corrected chi connectivity index (χ0v) is 33.7. The molecule has 0 saturated heterocycles. The molecule has 0 atom stereocenters. The maximum atomic E-state index is 13.3. The Morgan fingerprint density at radius 1 is 0.755 bits per heavy atom. The molecule has 3 nitrogen and oxygen atoms in total. The minimum absolute atomic E-state index is 0. The van der Waals surface area contributed by atoms with Crippen molar-refractivity contribution in [2.24, 2.45) is 0 Å². The minimum Gasteiger partial charge on any atom is -0.501 e. The van der Waals surface area contributed by atoms with E-state index >= 15 is 0 Å². The van der Waals surface area contributed by atoms with Gasteiger partial charge in [0.1, 0.15) is 11.4 Å². The number of aryl methyl sites for hydroxylation is 1. The van der Waals surface area contributed by atoms with Crippen LogP contribution in [0.4, 0.5) is 4.39 Å². The molecule has 267 valence electrons. The summed E-state index contributed by atoms with van der Waals surface area (Å²) in [6.07, 6.45) is 3.78. The van der Waals surface area contributed by atoms with Crippen molar-refractivity contribution >= 4 is 35.2 Å². The molecule has 0 unspecified atom stereocenters. The summed E-state index contributed by atoms with van der Waals surface area (Å²) in [5.74, 6) is 0.180. The molecule has 0 spiro atoms. The first kappa shape index (κ1) is 33.8. The number of aromatic nitrogens is 2. The van der Waals surface area contributed by atoms with E-state index in [1.54, 1.807) is 18.2 Å². The molecule has 0 fully saturated rings. The fourth-order valence-electron chi connectivity index (χ4n) is 6.19. The summed E-state index contributed by atoms with van der Waals surface area (Å²) < 4.78 is 43.0. The van der Waals surface area contributed by atoms with E-state index in [9.17, 15) is 4.39 Å². The molecule has 0 amide bonds. The van der Waals surface area contributed by atoms with Crippen LogP contribution in [0.25, 0.3) is 66.7 Å². The minimum atomic E-state index is -2.19. The summed E-state index contributed by atoms with van der Waals surface area (Å²) in [4.78, 5) is 9.16. The SMILES string of the molecule is CC(C)c1ccnc(-c2[c-]ccc3c2oc2cc(-c4ccc(F)cc4)ccc23)c1.[2H]C([2H])([2H])c1c[c-]c(-c2ccc([Si](C)(C)C)cn2)cc1-c1ccccc1.[Ir]. The molecule has 8 aromatic rings. The van der Waals surface area contributed by atoms with Gasteiger partial charge in [0.25, 0.3) is 0 Å². The second-order valence-electron chi connectivity index (χ2n) is 14.3. The summed E-state index contributed by atoms with van der Waals surface area (Å²) in [6, 6.07) is 44.3. The molecule has 1 radical (unpaired) electrons. The van der Waals surface area contributed by atoms with Gasteiger partial charge in [0.2, 0.25) is 0 Å². The second kappa shape index (κ2) is 15.9. The Kier molecular flexibility index (Phi) is 10.2. The average molecular weight is 892 g/mol. The molecule has 53 heavy (non-hydrogen) atoms. The van der Waals surface area contributed by atoms with Gasteiger partial charge < -0.3 is 14.4 Å². The molecule has 0 N–H and O–H groups in total. The number of hydrogen-bond donors (Lipinski definition) is 0. The standard InChI is InChI=1S/C26H19FNO.C21H22NSi.Ir/c1-16(2)18-12-13-28-24(14-18)23-5-3-4-22-21-11-8-19(15-25(21)29-26(22)23)17-6-9-20(27)10-7-17;1-16-10-11-18(14-20(16)17-8-6-5-7-9-17)21-13-12-19(15-22-21)23(2,3)4;/h3-4,6-16H,1-2H3;5-10,12-15H,1-4H3;/q2*-1;/i;1D3;. The maximum absolute atomic E-state index is 13.3. The predicted molar refractivity (Wildman–Crippen MR) is 217 cm³/mol. The Morgan fingerprint density at radius 3 is 2.23 bits per heavy atom. The molecule has 0 bridgehead atoms. The molecular weight excluding hydrogens is 848 g/mol. The van der Waals surface area contributed by atoms with Gasteiger partial charge >= 0.3 is 0 Å². The van der Waals surface area contributed by atoms with E-state index in [-0.39, 0.29) is 25.9 Å². The van der Waals surface area contributed by atoms with Crippen LogP contribution in [0.1, 0.15) is 35.0 Å². The number of halogens is 1. The second-order valence-corrected chi connectivity index (χ2v) is 19.3. The number of rotatable bonds is 6. The molecule has 0 aliphatic carbocycles. The maximum Gasteiger partial charge on any atom is 0.123 e. The third-order valence-corrected chi connectivity index (χ3v) is 11.3. The summed E-state index contributed by atoms with van der Waals surface area (Å²) in [5, 5.41) is 3.38. The molecular formula is C47H41FIrN2OSi-2. The van der Waals surface area contributed by atoms with Crippen LogP contribution in [0.2, 0.25) is 19.6 Å². The fourth-order valence-corrected chi connectivity index (χ4v) is 7.22. The number of nitrogens with zero attached hydrogens (tertiary/aromatic N) is 2. The van der Waals surface area contributed by atoms with Crippen molar-refractivity contribution in [2.45, 2.75) is 46.3 Å². The fraction of sp³-hybridized carbons (Fsp3) is 0.149. The first-order valence-corrected chi connectivity index (χ1v) is 20.9. The van der Waals surface area contributed by atoms with Gasteiger partial charge in [-0.25, -0.2) is 4.39 Å². The number of hydrogen-bond acceptors (Lipinski definition) is 3. The zero-order valence-electron chi connectivity index (χ0n) is 33.3. The van der Waals surface area contributed by atoms with Crippen LogP contribution in [0.5, 0.6) is 0 Å². The summed E-state index contributed by atoms with van der Waals surface area (Å²) in [7, 11) is -1.40. The van der Waals surface area contributed by atoms with Crippen molar-refractivity contribution in [1.29, 1.82) is 0 Å². The molecule has 0 saturated carbocycles. The molecule has 5 aromatic carbocycles. The van der Waals surface area contributed by atoms with Crippen molar-refractivity contribution in [2.75, 3.05) is 0 Å².